The van der Waals surface area contributed by atoms with E-state index in [1.54, 1.807) is 0 Å². The van der Waals surface area contributed by atoms with Gasteiger partial charge >= 0.3 is 0 Å². The second kappa shape index (κ2) is 6.31. The Kier molecular flexibility index (Phi) is 4.74. The highest BCUT2D eigenvalue weighted by atomic mass is 16.5. The van der Waals surface area contributed by atoms with Crippen LogP contribution in [0.2, 0.25) is 0 Å². The molecule has 0 saturated carbocycles. The summed E-state index contributed by atoms with van der Waals surface area (Å²) >= 11 is 0. The lowest BCUT2D eigenvalue weighted by molar-refractivity contribution is 0.0343. The minimum Gasteiger partial charge on any atom is -0.379 e. The molecule has 5 nitrogen and oxygen atoms in total. The lowest BCUT2D eigenvalue weighted by Crippen LogP contribution is -2.44. The first-order valence-electron chi connectivity index (χ1n) is 6.68. The summed E-state index contributed by atoms with van der Waals surface area (Å²) in [5.74, 6) is 0. The predicted molar refractivity (Wildman–Crippen MR) is 71.5 cm³/mol. The van der Waals surface area contributed by atoms with Crippen LogP contribution >= 0.6 is 0 Å². The van der Waals surface area contributed by atoms with Crippen LogP contribution in [0.3, 0.4) is 0 Å². The smallest absolute Gasteiger partial charge is 0.0597 e. The van der Waals surface area contributed by atoms with Crippen LogP contribution in [0.15, 0.2) is 6.07 Å². The van der Waals surface area contributed by atoms with Gasteiger partial charge in [0, 0.05) is 39.3 Å². The van der Waals surface area contributed by atoms with Crippen LogP contribution < -0.4 is 5.32 Å². The SMILES string of the molecule is Cc1cc(CNC(C)CN2CCOCC2)n(C)n1. The third kappa shape index (κ3) is 3.80. The lowest BCUT2D eigenvalue weighted by Gasteiger charge is -2.29. The average molecular weight is 252 g/mol. The van der Waals surface area contributed by atoms with Crippen LogP contribution in [0.25, 0.3) is 0 Å². The number of nitrogens with one attached hydrogen (secondary N) is 1. The highest BCUT2D eigenvalue weighted by Gasteiger charge is 2.13. The van der Waals surface area contributed by atoms with E-state index in [9.17, 15) is 0 Å². The van der Waals surface area contributed by atoms with E-state index in [-0.39, 0.29) is 0 Å². The molecule has 0 aromatic carbocycles. The molecule has 102 valence electrons. The fourth-order valence-electron chi connectivity index (χ4n) is 2.34. The molecule has 0 spiro atoms. The van der Waals surface area contributed by atoms with E-state index in [1.165, 1.54) is 5.69 Å². The van der Waals surface area contributed by atoms with E-state index in [0.717, 1.165) is 45.1 Å². The Bertz CT molecular complexity index is 371. The van der Waals surface area contributed by atoms with Crippen LogP contribution in [0, 0.1) is 6.92 Å². The van der Waals surface area contributed by atoms with E-state index >= 15 is 0 Å². The van der Waals surface area contributed by atoms with Crippen LogP contribution in [0.1, 0.15) is 18.3 Å². The Balaban J connectivity index is 1.74. The van der Waals surface area contributed by atoms with E-state index in [0.29, 0.717) is 6.04 Å². The van der Waals surface area contributed by atoms with Gasteiger partial charge in [-0.05, 0) is 19.9 Å². The molecule has 1 unspecified atom stereocenters. The minimum absolute atomic E-state index is 0.485. The van der Waals surface area contributed by atoms with E-state index in [1.807, 2.05) is 18.7 Å². The molecule has 18 heavy (non-hydrogen) atoms. The number of ether oxygens (including phenoxy) is 1. The molecule has 1 atom stereocenters. The fraction of sp³-hybridized carbons (Fsp3) is 0.769. The van der Waals surface area contributed by atoms with Crippen molar-refractivity contribution >= 4 is 0 Å². The molecular formula is C13H24N4O. The molecule has 1 aromatic heterocycles. The second-order valence-corrected chi connectivity index (χ2v) is 5.10. The number of nitrogens with zero attached hydrogens (tertiary/aromatic N) is 3. The number of rotatable bonds is 5. The van der Waals surface area contributed by atoms with Crippen molar-refractivity contribution < 1.29 is 4.74 Å². The standard InChI is InChI=1S/C13H24N4O/c1-11-8-13(16(3)15-11)9-14-12(2)10-17-4-6-18-7-5-17/h8,12,14H,4-7,9-10H2,1-3H3. The molecule has 0 bridgehead atoms. The zero-order valence-electron chi connectivity index (χ0n) is 11.6. The summed E-state index contributed by atoms with van der Waals surface area (Å²) in [6.07, 6.45) is 0. The van der Waals surface area contributed by atoms with Gasteiger partial charge in [-0.2, -0.15) is 5.10 Å². The summed E-state index contributed by atoms with van der Waals surface area (Å²) in [6.45, 7) is 10.1. The van der Waals surface area contributed by atoms with Crippen LogP contribution in [-0.2, 0) is 18.3 Å². The quantitative estimate of drug-likeness (QED) is 0.830. The van der Waals surface area contributed by atoms with Gasteiger partial charge in [-0.15, -0.1) is 0 Å². The van der Waals surface area contributed by atoms with Crippen molar-refractivity contribution in [3.63, 3.8) is 0 Å². The summed E-state index contributed by atoms with van der Waals surface area (Å²) in [5.41, 5.74) is 2.32. The van der Waals surface area contributed by atoms with Crippen molar-refractivity contribution in [1.82, 2.24) is 20.0 Å². The normalized spacial score (nSPS) is 19.1. The Labute approximate surface area is 109 Å². The monoisotopic (exact) mass is 252 g/mol. The first-order chi connectivity index (χ1) is 8.65. The summed E-state index contributed by atoms with van der Waals surface area (Å²) < 4.78 is 7.30. The van der Waals surface area contributed by atoms with Gasteiger partial charge < -0.3 is 10.1 Å². The van der Waals surface area contributed by atoms with Crippen LogP contribution in [-0.4, -0.2) is 53.6 Å². The van der Waals surface area contributed by atoms with E-state index < -0.39 is 0 Å². The second-order valence-electron chi connectivity index (χ2n) is 5.10. The van der Waals surface area contributed by atoms with Crippen LogP contribution in [0.5, 0.6) is 0 Å². The lowest BCUT2D eigenvalue weighted by atomic mass is 10.2. The Morgan fingerprint density at radius 3 is 2.78 bits per heavy atom. The van der Waals surface area contributed by atoms with Gasteiger partial charge in [-0.3, -0.25) is 9.58 Å². The molecule has 5 heteroatoms. The van der Waals surface area contributed by atoms with Crippen molar-refractivity contribution in [3.05, 3.63) is 17.5 Å². The molecule has 1 N–H and O–H groups in total. The highest BCUT2D eigenvalue weighted by molar-refractivity contribution is 5.08. The average Bonchev–Trinajstić information content (AvgIpc) is 2.66. The molecular weight excluding hydrogens is 228 g/mol. The zero-order valence-corrected chi connectivity index (χ0v) is 11.6. The maximum Gasteiger partial charge on any atom is 0.0597 e. The summed E-state index contributed by atoms with van der Waals surface area (Å²) in [7, 11) is 2.00. The number of hydrogen-bond acceptors (Lipinski definition) is 4. The zero-order chi connectivity index (χ0) is 13.0. The number of hydrogen-bond donors (Lipinski definition) is 1. The largest absolute Gasteiger partial charge is 0.379 e. The molecule has 2 heterocycles. The van der Waals surface area contributed by atoms with Crippen molar-refractivity contribution in [2.24, 2.45) is 7.05 Å². The molecule has 1 saturated heterocycles. The van der Waals surface area contributed by atoms with Gasteiger partial charge in [0.2, 0.25) is 0 Å². The Morgan fingerprint density at radius 2 is 2.17 bits per heavy atom. The molecule has 0 aliphatic carbocycles. The number of morpholine rings is 1. The van der Waals surface area contributed by atoms with Crippen molar-refractivity contribution in [2.75, 3.05) is 32.8 Å². The highest BCUT2D eigenvalue weighted by Crippen LogP contribution is 2.03. The maximum absolute atomic E-state index is 5.36. The first kappa shape index (κ1) is 13.5. The summed E-state index contributed by atoms with van der Waals surface area (Å²) in [6, 6.07) is 2.62. The number of aryl methyl sites for hydroxylation is 2. The molecule has 1 fully saturated rings. The van der Waals surface area contributed by atoms with E-state index in [2.05, 4.69) is 28.3 Å². The van der Waals surface area contributed by atoms with Crippen molar-refractivity contribution in [3.8, 4) is 0 Å². The fourth-order valence-corrected chi connectivity index (χ4v) is 2.34. The first-order valence-corrected chi connectivity index (χ1v) is 6.68. The van der Waals surface area contributed by atoms with Gasteiger partial charge in [0.15, 0.2) is 0 Å². The molecule has 0 radical (unpaired) electrons. The number of aromatic nitrogens is 2. The molecule has 1 aromatic rings. The molecule has 2 rings (SSSR count). The van der Waals surface area contributed by atoms with Crippen molar-refractivity contribution in [1.29, 1.82) is 0 Å². The molecule has 1 aliphatic rings. The van der Waals surface area contributed by atoms with Crippen molar-refractivity contribution in [2.45, 2.75) is 26.4 Å². The Hall–Kier alpha value is -0.910. The van der Waals surface area contributed by atoms with Gasteiger partial charge in [0.1, 0.15) is 0 Å². The Morgan fingerprint density at radius 1 is 1.44 bits per heavy atom. The molecule has 0 amide bonds. The topological polar surface area (TPSA) is 42.3 Å². The summed E-state index contributed by atoms with van der Waals surface area (Å²) in [4.78, 5) is 2.45. The van der Waals surface area contributed by atoms with Gasteiger partial charge in [0.05, 0.1) is 24.6 Å². The van der Waals surface area contributed by atoms with Gasteiger partial charge in [0.25, 0.3) is 0 Å². The third-order valence-electron chi connectivity index (χ3n) is 3.37. The van der Waals surface area contributed by atoms with Gasteiger partial charge in [-0.25, -0.2) is 0 Å². The van der Waals surface area contributed by atoms with Gasteiger partial charge in [-0.1, -0.05) is 0 Å². The molecule has 1 aliphatic heterocycles. The van der Waals surface area contributed by atoms with Crippen LogP contribution in [0.4, 0.5) is 0 Å². The maximum atomic E-state index is 5.36. The summed E-state index contributed by atoms with van der Waals surface area (Å²) in [5, 5.41) is 7.91. The van der Waals surface area contributed by atoms with E-state index in [4.69, 9.17) is 4.74 Å². The minimum atomic E-state index is 0.485. The third-order valence-corrected chi connectivity index (χ3v) is 3.37. The predicted octanol–water partition coefficient (Wildman–Crippen LogP) is 0.539.